The van der Waals surface area contributed by atoms with Crippen molar-refractivity contribution in [2.24, 2.45) is 0 Å². The Bertz CT molecular complexity index is 863. The molecule has 0 aliphatic heterocycles. The average Bonchev–Trinajstić information content (AvgIpc) is 2.54. The van der Waals surface area contributed by atoms with E-state index in [0.717, 1.165) is 5.56 Å². The van der Waals surface area contributed by atoms with Gasteiger partial charge in [0.2, 0.25) is 0 Å². The van der Waals surface area contributed by atoms with E-state index in [2.05, 4.69) is 10.0 Å². The summed E-state index contributed by atoms with van der Waals surface area (Å²) in [4.78, 5) is 12.2. The number of sulfonamides is 1. The number of benzene rings is 2. The van der Waals surface area contributed by atoms with Crippen LogP contribution in [0.25, 0.3) is 0 Å². The molecule has 0 aromatic heterocycles. The maximum absolute atomic E-state index is 12.6. The quantitative estimate of drug-likeness (QED) is 0.658. The van der Waals surface area contributed by atoms with Crippen molar-refractivity contribution < 1.29 is 18.3 Å². The van der Waals surface area contributed by atoms with Gasteiger partial charge >= 0.3 is 0 Å². The number of amides is 1. The number of carbonyl (C=O) groups excluding carboxylic acids is 1. The van der Waals surface area contributed by atoms with Crippen molar-refractivity contribution in [2.75, 3.05) is 17.9 Å². The van der Waals surface area contributed by atoms with Crippen LogP contribution in [0.4, 0.5) is 5.69 Å². The lowest BCUT2D eigenvalue weighted by Gasteiger charge is -2.12. The molecule has 25 heavy (non-hydrogen) atoms. The van der Waals surface area contributed by atoms with Gasteiger partial charge in [-0.2, -0.15) is 0 Å². The molecule has 0 unspecified atom stereocenters. The van der Waals surface area contributed by atoms with E-state index >= 15 is 0 Å². The Labute approximate surface area is 147 Å². The van der Waals surface area contributed by atoms with Crippen molar-refractivity contribution in [3.63, 3.8) is 0 Å². The van der Waals surface area contributed by atoms with Crippen LogP contribution in [0.3, 0.4) is 0 Å². The van der Waals surface area contributed by atoms with E-state index in [1.165, 1.54) is 12.1 Å². The molecule has 0 bridgehead atoms. The zero-order valence-corrected chi connectivity index (χ0v) is 15.1. The van der Waals surface area contributed by atoms with Gasteiger partial charge in [0.25, 0.3) is 15.9 Å². The van der Waals surface area contributed by atoms with Crippen LogP contribution in [0.5, 0.6) is 0 Å². The van der Waals surface area contributed by atoms with Gasteiger partial charge in [-0.15, -0.1) is 0 Å². The molecular formula is C18H22N2O4S. The number of hydrogen-bond donors (Lipinski definition) is 3. The Morgan fingerprint density at radius 3 is 2.56 bits per heavy atom. The first kappa shape index (κ1) is 19.0. The molecule has 2 rings (SSSR count). The van der Waals surface area contributed by atoms with Crippen LogP contribution in [0, 0.1) is 13.8 Å². The first-order valence-corrected chi connectivity index (χ1v) is 9.41. The molecule has 0 atom stereocenters. The van der Waals surface area contributed by atoms with E-state index in [9.17, 15) is 13.2 Å². The fourth-order valence-electron chi connectivity index (χ4n) is 2.31. The molecule has 0 fully saturated rings. The van der Waals surface area contributed by atoms with Gasteiger partial charge < -0.3 is 10.4 Å². The summed E-state index contributed by atoms with van der Waals surface area (Å²) in [6.45, 7) is 3.92. The minimum absolute atomic E-state index is 0.0197. The Hall–Kier alpha value is -2.38. The first-order valence-electron chi connectivity index (χ1n) is 7.92. The molecule has 0 radical (unpaired) electrons. The van der Waals surface area contributed by atoms with Crippen LogP contribution in [0.2, 0.25) is 0 Å². The van der Waals surface area contributed by atoms with Crippen molar-refractivity contribution in [1.29, 1.82) is 0 Å². The third-order valence-corrected chi connectivity index (χ3v) is 5.03. The van der Waals surface area contributed by atoms with Gasteiger partial charge in [0.15, 0.2) is 0 Å². The molecule has 3 N–H and O–H groups in total. The van der Waals surface area contributed by atoms with E-state index in [0.29, 0.717) is 29.8 Å². The number of hydrogen-bond acceptors (Lipinski definition) is 4. The number of rotatable bonds is 7. The molecule has 0 saturated heterocycles. The minimum atomic E-state index is -3.80. The lowest BCUT2D eigenvalue weighted by molar-refractivity contribution is 0.0950. The van der Waals surface area contributed by atoms with Gasteiger partial charge in [0.1, 0.15) is 0 Å². The highest BCUT2D eigenvalue weighted by molar-refractivity contribution is 7.92. The summed E-state index contributed by atoms with van der Waals surface area (Å²) >= 11 is 0. The number of aliphatic hydroxyl groups excluding tert-OH is 1. The summed E-state index contributed by atoms with van der Waals surface area (Å²) < 4.78 is 27.7. The van der Waals surface area contributed by atoms with Gasteiger partial charge in [-0.3, -0.25) is 9.52 Å². The fraction of sp³-hybridized carbons (Fsp3) is 0.278. The SMILES string of the molecule is Cc1cccc(NS(=O)(=O)c2ccc(C)c(C(=O)NCCCO)c2)c1. The van der Waals surface area contributed by atoms with Crippen LogP contribution in [-0.4, -0.2) is 32.6 Å². The smallest absolute Gasteiger partial charge is 0.261 e. The van der Waals surface area contributed by atoms with Gasteiger partial charge in [0, 0.05) is 24.4 Å². The van der Waals surface area contributed by atoms with Crippen molar-refractivity contribution in [3.8, 4) is 0 Å². The molecule has 0 saturated carbocycles. The number of nitrogens with one attached hydrogen (secondary N) is 2. The zero-order valence-electron chi connectivity index (χ0n) is 14.2. The third-order valence-electron chi connectivity index (χ3n) is 3.65. The number of aliphatic hydroxyl groups is 1. The molecule has 0 aliphatic rings. The Morgan fingerprint density at radius 2 is 1.88 bits per heavy atom. The van der Waals surface area contributed by atoms with Crippen molar-refractivity contribution in [3.05, 3.63) is 59.2 Å². The third kappa shape index (κ3) is 5.04. The molecule has 134 valence electrons. The first-order chi connectivity index (χ1) is 11.8. The predicted octanol–water partition coefficient (Wildman–Crippen LogP) is 2.22. The lowest BCUT2D eigenvalue weighted by Crippen LogP contribution is -2.26. The summed E-state index contributed by atoms with van der Waals surface area (Å²) in [5, 5.41) is 11.4. The summed E-state index contributed by atoms with van der Waals surface area (Å²) in [5.74, 6) is -0.362. The second-order valence-corrected chi connectivity index (χ2v) is 7.47. The van der Waals surface area contributed by atoms with Crippen LogP contribution in [0.15, 0.2) is 47.4 Å². The van der Waals surface area contributed by atoms with Gasteiger partial charge in [0.05, 0.1) is 4.90 Å². The summed E-state index contributed by atoms with van der Waals surface area (Å²) in [5.41, 5.74) is 2.38. The van der Waals surface area contributed by atoms with Crippen LogP contribution in [0.1, 0.15) is 27.9 Å². The molecule has 2 aromatic rings. The second kappa shape index (κ2) is 8.13. The Morgan fingerprint density at radius 1 is 1.12 bits per heavy atom. The van der Waals surface area contributed by atoms with Crippen molar-refractivity contribution >= 4 is 21.6 Å². The second-order valence-electron chi connectivity index (χ2n) is 5.78. The summed E-state index contributed by atoms with van der Waals surface area (Å²) in [6, 6.07) is 11.5. The average molecular weight is 362 g/mol. The predicted molar refractivity (Wildman–Crippen MR) is 97.2 cm³/mol. The highest BCUT2D eigenvalue weighted by atomic mass is 32.2. The van der Waals surface area contributed by atoms with Crippen LogP contribution < -0.4 is 10.0 Å². The molecule has 1 amide bonds. The van der Waals surface area contributed by atoms with Crippen LogP contribution >= 0.6 is 0 Å². The minimum Gasteiger partial charge on any atom is -0.396 e. The van der Waals surface area contributed by atoms with E-state index < -0.39 is 10.0 Å². The van der Waals surface area contributed by atoms with E-state index in [4.69, 9.17) is 5.11 Å². The Kier molecular flexibility index (Phi) is 6.17. The maximum Gasteiger partial charge on any atom is 0.261 e. The Balaban J connectivity index is 2.26. The zero-order chi connectivity index (χ0) is 18.4. The molecule has 0 heterocycles. The molecule has 0 spiro atoms. The van der Waals surface area contributed by atoms with Gasteiger partial charge in [-0.25, -0.2) is 8.42 Å². The number of aryl methyl sites for hydroxylation is 2. The largest absolute Gasteiger partial charge is 0.396 e. The fourth-order valence-corrected chi connectivity index (χ4v) is 3.39. The molecular weight excluding hydrogens is 340 g/mol. The van der Waals surface area contributed by atoms with E-state index in [1.54, 1.807) is 31.2 Å². The highest BCUT2D eigenvalue weighted by Gasteiger charge is 2.18. The molecule has 6 nitrogen and oxygen atoms in total. The number of carbonyl (C=O) groups is 1. The normalized spacial score (nSPS) is 11.2. The lowest BCUT2D eigenvalue weighted by atomic mass is 10.1. The maximum atomic E-state index is 12.6. The van der Waals surface area contributed by atoms with Gasteiger partial charge in [-0.1, -0.05) is 18.2 Å². The topological polar surface area (TPSA) is 95.5 Å². The standard InChI is InChI=1S/C18H22N2O4S/c1-13-5-3-6-15(11-13)20-25(23,24)16-8-7-14(2)17(12-16)18(22)19-9-4-10-21/h3,5-8,11-12,20-21H,4,9-10H2,1-2H3,(H,19,22). The molecule has 7 heteroatoms. The molecule has 2 aromatic carbocycles. The van der Waals surface area contributed by atoms with Crippen LogP contribution in [-0.2, 0) is 10.0 Å². The summed E-state index contributed by atoms with van der Waals surface area (Å²) in [7, 11) is -3.80. The monoisotopic (exact) mass is 362 g/mol. The number of anilines is 1. The van der Waals surface area contributed by atoms with Gasteiger partial charge in [-0.05, 0) is 55.7 Å². The van der Waals surface area contributed by atoms with Crippen molar-refractivity contribution in [2.45, 2.75) is 25.2 Å². The van der Waals surface area contributed by atoms with E-state index in [1.807, 2.05) is 13.0 Å². The van der Waals surface area contributed by atoms with Crippen molar-refractivity contribution in [1.82, 2.24) is 5.32 Å². The molecule has 0 aliphatic carbocycles. The highest BCUT2D eigenvalue weighted by Crippen LogP contribution is 2.20. The van der Waals surface area contributed by atoms with E-state index in [-0.39, 0.29) is 17.4 Å². The summed E-state index contributed by atoms with van der Waals surface area (Å²) in [6.07, 6.45) is 0.442.